The SMILES string of the molecule is c1ccc(CN2CCCN(Cc3ccccc3)CCN(Cc3ccccc3)CCCNCC2)cc1. The minimum atomic E-state index is 1.03. The minimum Gasteiger partial charge on any atom is -0.315 e. The van der Waals surface area contributed by atoms with Gasteiger partial charge in [-0.25, -0.2) is 0 Å². The second-order valence-corrected chi connectivity index (χ2v) is 9.74. The Morgan fingerprint density at radius 3 is 1.29 bits per heavy atom. The van der Waals surface area contributed by atoms with E-state index in [0.717, 1.165) is 72.0 Å². The van der Waals surface area contributed by atoms with E-state index < -0.39 is 0 Å². The Kier molecular flexibility index (Phi) is 10.8. The summed E-state index contributed by atoms with van der Waals surface area (Å²) in [5.74, 6) is 0. The molecule has 4 heteroatoms. The van der Waals surface area contributed by atoms with E-state index in [1.165, 1.54) is 29.5 Å². The van der Waals surface area contributed by atoms with E-state index in [1.54, 1.807) is 0 Å². The van der Waals surface area contributed by atoms with E-state index in [4.69, 9.17) is 0 Å². The van der Waals surface area contributed by atoms with Crippen molar-refractivity contribution in [2.24, 2.45) is 0 Å². The fourth-order valence-corrected chi connectivity index (χ4v) is 4.93. The number of hydrogen-bond donors (Lipinski definition) is 1. The summed E-state index contributed by atoms with van der Waals surface area (Å²) >= 11 is 0. The molecule has 0 aromatic heterocycles. The lowest BCUT2D eigenvalue weighted by atomic mass is 10.2. The Morgan fingerprint density at radius 1 is 0.429 bits per heavy atom. The highest BCUT2D eigenvalue weighted by molar-refractivity contribution is 5.16. The van der Waals surface area contributed by atoms with Crippen LogP contribution in [0.4, 0.5) is 0 Å². The smallest absolute Gasteiger partial charge is 0.0234 e. The third-order valence-corrected chi connectivity index (χ3v) is 6.86. The van der Waals surface area contributed by atoms with Crippen LogP contribution in [0.15, 0.2) is 91.0 Å². The normalized spacial score (nSPS) is 18.2. The number of nitrogens with one attached hydrogen (secondary N) is 1. The molecule has 186 valence electrons. The van der Waals surface area contributed by atoms with Gasteiger partial charge in [0, 0.05) is 45.8 Å². The highest BCUT2D eigenvalue weighted by atomic mass is 15.2. The number of hydrogen-bond acceptors (Lipinski definition) is 4. The molecule has 35 heavy (non-hydrogen) atoms. The average Bonchev–Trinajstić information content (AvgIpc) is 2.90. The van der Waals surface area contributed by atoms with Crippen molar-refractivity contribution >= 4 is 0 Å². The van der Waals surface area contributed by atoms with Gasteiger partial charge < -0.3 is 5.32 Å². The predicted molar refractivity (Wildman–Crippen MR) is 147 cm³/mol. The van der Waals surface area contributed by atoms with Gasteiger partial charge in [-0.1, -0.05) is 91.0 Å². The lowest BCUT2D eigenvalue weighted by Gasteiger charge is -2.30. The van der Waals surface area contributed by atoms with Gasteiger partial charge >= 0.3 is 0 Å². The fourth-order valence-electron chi connectivity index (χ4n) is 4.93. The van der Waals surface area contributed by atoms with Crippen LogP contribution in [0.1, 0.15) is 29.5 Å². The summed E-state index contributed by atoms with van der Waals surface area (Å²) in [5, 5.41) is 3.70. The molecule has 1 N–H and O–H groups in total. The summed E-state index contributed by atoms with van der Waals surface area (Å²) in [4.78, 5) is 7.93. The minimum absolute atomic E-state index is 1.03. The molecule has 0 spiro atoms. The first kappa shape index (κ1) is 25.6. The number of benzene rings is 3. The molecule has 0 saturated carbocycles. The van der Waals surface area contributed by atoms with Gasteiger partial charge in [0.15, 0.2) is 0 Å². The maximum atomic E-state index is 3.70. The lowest BCUT2D eigenvalue weighted by Crippen LogP contribution is -2.39. The number of rotatable bonds is 6. The summed E-state index contributed by atoms with van der Waals surface area (Å²) in [6, 6.07) is 32.8. The molecule has 0 aliphatic carbocycles. The van der Waals surface area contributed by atoms with Crippen molar-refractivity contribution < 1.29 is 0 Å². The van der Waals surface area contributed by atoms with Gasteiger partial charge in [-0.2, -0.15) is 0 Å². The first-order valence-electron chi connectivity index (χ1n) is 13.3. The zero-order valence-electron chi connectivity index (χ0n) is 21.2. The molecule has 1 fully saturated rings. The molecule has 1 aliphatic rings. The van der Waals surface area contributed by atoms with Crippen LogP contribution in [-0.4, -0.2) is 67.1 Å². The first-order valence-corrected chi connectivity index (χ1v) is 13.3. The van der Waals surface area contributed by atoms with Gasteiger partial charge in [0.1, 0.15) is 0 Å². The molecular formula is C31H42N4. The Morgan fingerprint density at radius 2 is 0.829 bits per heavy atom. The van der Waals surface area contributed by atoms with Crippen molar-refractivity contribution in [1.82, 2.24) is 20.0 Å². The third-order valence-electron chi connectivity index (χ3n) is 6.86. The zero-order chi connectivity index (χ0) is 24.0. The molecule has 4 rings (SSSR count). The summed E-state index contributed by atoms with van der Waals surface area (Å²) < 4.78 is 0. The van der Waals surface area contributed by atoms with Gasteiger partial charge in [-0.3, -0.25) is 14.7 Å². The molecule has 1 saturated heterocycles. The Hall–Kier alpha value is -2.50. The van der Waals surface area contributed by atoms with Gasteiger partial charge in [0.05, 0.1) is 0 Å². The van der Waals surface area contributed by atoms with E-state index in [-0.39, 0.29) is 0 Å². The summed E-state index contributed by atoms with van der Waals surface area (Å²) in [5.41, 5.74) is 4.23. The monoisotopic (exact) mass is 470 g/mol. The molecule has 1 aliphatic heterocycles. The Balaban J connectivity index is 1.40. The first-order chi connectivity index (χ1) is 17.3. The lowest BCUT2D eigenvalue weighted by molar-refractivity contribution is 0.175. The maximum Gasteiger partial charge on any atom is 0.0234 e. The second-order valence-electron chi connectivity index (χ2n) is 9.74. The average molecular weight is 471 g/mol. The molecule has 3 aromatic carbocycles. The Labute approximate surface area is 212 Å². The quantitative estimate of drug-likeness (QED) is 0.554. The molecule has 4 nitrogen and oxygen atoms in total. The third kappa shape index (κ3) is 9.58. The molecule has 0 atom stereocenters. The van der Waals surface area contributed by atoms with Gasteiger partial charge in [-0.15, -0.1) is 0 Å². The van der Waals surface area contributed by atoms with E-state index in [0.29, 0.717) is 0 Å². The molecule has 0 radical (unpaired) electrons. The topological polar surface area (TPSA) is 21.8 Å². The standard InChI is InChI=1S/C31H42N4/c1-4-12-29(13-5-1)26-33-21-11-22-35(28-31-16-8-3-9-17-31)25-24-34(20-10-18-32-19-23-33)27-30-14-6-2-7-15-30/h1-9,12-17,32H,10-11,18-28H2. The van der Waals surface area contributed by atoms with Crippen LogP contribution in [-0.2, 0) is 19.6 Å². The van der Waals surface area contributed by atoms with Crippen LogP contribution in [0.3, 0.4) is 0 Å². The highest BCUT2D eigenvalue weighted by Crippen LogP contribution is 2.10. The summed E-state index contributed by atoms with van der Waals surface area (Å²) in [7, 11) is 0. The molecular weight excluding hydrogens is 428 g/mol. The predicted octanol–water partition coefficient (Wildman–Crippen LogP) is 4.88. The maximum absolute atomic E-state index is 3.70. The molecule has 1 heterocycles. The van der Waals surface area contributed by atoms with Crippen molar-refractivity contribution in [2.75, 3.05) is 52.4 Å². The summed E-state index contributed by atoms with van der Waals surface area (Å²) in [6.07, 6.45) is 2.38. The molecule has 0 bridgehead atoms. The van der Waals surface area contributed by atoms with Crippen molar-refractivity contribution in [2.45, 2.75) is 32.5 Å². The van der Waals surface area contributed by atoms with E-state index in [2.05, 4.69) is 111 Å². The largest absolute Gasteiger partial charge is 0.315 e. The zero-order valence-corrected chi connectivity index (χ0v) is 21.2. The van der Waals surface area contributed by atoms with Gasteiger partial charge in [0.25, 0.3) is 0 Å². The van der Waals surface area contributed by atoms with Crippen molar-refractivity contribution in [1.29, 1.82) is 0 Å². The van der Waals surface area contributed by atoms with Gasteiger partial charge in [0.2, 0.25) is 0 Å². The van der Waals surface area contributed by atoms with Gasteiger partial charge in [-0.05, 0) is 55.7 Å². The van der Waals surface area contributed by atoms with E-state index in [1.807, 2.05) is 0 Å². The van der Waals surface area contributed by atoms with Crippen LogP contribution < -0.4 is 5.32 Å². The van der Waals surface area contributed by atoms with Crippen molar-refractivity contribution in [3.63, 3.8) is 0 Å². The second kappa shape index (κ2) is 14.8. The van der Waals surface area contributed by atoms with Crippen molar-refractivity contribution in [3.05, 3.63) is 108 Å². The van der Waals surface area contributed by atoms with Crippen LogP contribution in [0.5, 0.6) is 0 Å². The van der Waals surface area contributed by atoms with E-state index in [9.17, 15) is 0 Å². The van der Waals surface area contributed by atoms with Crippen LogP contribution in [0.2, 0.25) is 0 Å². The van der Waals surface area contributed by atoms with Crippen LogP contribution in [0, 0.1) is 0 Å². The highest BCUT2D eigenvalue weighted by Gasteiger charge is 2.13. The molecule has 0 amide bonds. The van der Waals surface area contributed by atoms with Crippen LogP contribution in [0.25, 0.3) is 0 Å². The fraction of sp³-hybridized carbons (Fsp3) is 0.419. The molecule has 0 unspecified atom stereocenters. The van der Waals surface area contributed by atoms with E-state index >= 15 is 0 Å². The molecule has 3 aromatic rings. The van der Waals surface area contributed by atoms with Crippen molar-refractivity contribution in [3.8, 4) is 0 Å². The Bertz CT molecular complexity index is 932. The van der Waals surface area contributed by atoms with Crippen LogP contribution >= 0.6 is 0 Å². The summed E-state index contributed by atoms with van der Waals surface area (Å²) in [6.45, 7) is 11.9. The number of nitrogens with zero attached hydrogens (tertiary/aromatic N) is 3.